The number of benzene rings is 8. The molecule has 8 aromatic carbocycles. The second-order valence-electron chi connectivity index (χ2n) is 14.4. The van der Waals surface area contributed by atoms with Crippen LogP contribution in [-0.2, 0) is 0 Å². The monoisotopic (exact) mass is 746 g/mol. The minimum atomic E-state index is 0.555. The number of para-hydroxylation sites is 3. The van der Waals surface area contributed by atoms with Gasteiger partial charge in [0.05, 0.1) is 22.0 Å². The maximum Gasteiger partial charge on any atom is 0.167 e. The molecule has 0 saturated carbocycles. The number of furan rings is 1. The molecule has 0 N–H and O–H groups in total. The van der Waals surface area contributed by atoms with Gasteiger partial charge in [0.15, 0.2) is 17.5 Å². The highest BCUT2D eigenvalue weighted by molar-refractivity contribution is 7.25. The Morgan fingerprint density at radius 3 is 1.93 bits per heavy atom. The van der Waals surface area contributed by atoms with Crippen molar-refractivity contribution in [3.63, 3.8) is 0 Å². The number of thiophene rings is 1. The molecule has 0 unspecified atom stereocenters. The van der Waals surface area contributed by atoms with Crippen LogP contribution in [0.4, 0.5) is 0 Å². The van der Waals surface area contributed by atoms with Crippen molar-refractivity contribution >= 4 is 75.3 Å². The quantitative estimate of drug-likeness (QED) is 0.176. The predicted molar refractivity (Wildman–Crippen MR) is 236 cm³/mol. The van der Waals surface area contributed by atoms with Gasteiger partial charge in [0, 0.05) is 53.1 Å². The zero-order chi connectivity index (χ0) is 37.5. The van der Waals surface area contributed by atoms with Gasteiger partial charge < -0.3 is 8.98 Å². The summed E-state index contributed by atoms with van der Waals surface area (Å²) in [7, 11) is 0. The van der Waals surface area contributed by atoms with Crippen molar-refractivity contribution in [3.05, 3.63) is 182 Å². The van der Waals surface area contributed by atoms with Crippen LogP contribution >= 0.6 is 11.3 Å². The first kappa shape index (κ1) is 31.9. The number of hydrogen-bond donors (Lipinski definition) is 0. The van der Waals surface area contributed by atoms with Crippen molar-refractivity contribution in [1.82, 2.24) is 19.5 Å². The van der Waals surface area contributed by atoms with Gasteiger partial charge >= 0.3 is 0 Å². The van der Waals surface area contributed by atoms with Crippen LogP contribution in [0, 0.1) is 0 Å². The number of aromatic nitrogens is 4. The van der Waals surface area contributed by atoms with Crippen molar-refractivity contribution < 1.29 is 4.42 Å². The summed E-state index contributed by atoms with van der Waals surface area (Å²) in [4.78, 5) is 15.7. The lowest BCUT2D eigenvalue weighted by Gasteiger charge is -2.10. The number of fused-ring (bicyclic) bond motifs is 10. The maximum atomic E-state index is 6.88. The van der Waals surface area contributed by atoms with E-state index in [1.54, 1.807) is 11.3 Å². The molecule has 57 heavy (non-hydrogen) atoms. The minimum absolute atomic E-state index is 0.555. The van der Waals surface area contributed by atoms with E-state index in [0.29, 0.717) is 17.5 Å². The van der Waals surface area contributed by atoms with Crippen LogP contribution < -0.4 is 0 Å². The molecule has 266 valence electrons. The van der Waals surface area contributed by atoms with E-state index in [-0.39, 0.29) is 0 Å². The summed E-state index contributed by atoms with van der Waals surface area (Å²) < 4.78 is 11.7. The fourth-order valence-electron chi connectivity index (χ4n) is 8.45. The zero-order valence-corrected chi connectivity index (χ0v) is 31.2. The Hall–Kier alpha value is -7.41. The Bertz CT molecular complexity index is 3530. The maximum absolute atomic E-state index is 6.88. The predicted octanol–water partition coefficient (Wildman–Crippen LogP) is 13.9. The zero-order valence-electron chi connectivity index (χ0n) is 30.4. The summed E-state index contributed by atoms with van der Waals surface area (Å²) in [5.74, 6) is 1.76. The normalized spacial score (nSPS) is 11.9. The summed E-state index contributed by atoms with van der Waals surface area (Å²) >= 11 is 1.80. The SMILES string of the molecule is c1ccc(-c2cccc(-c3nc(-c4ccc5sc6ccccc6c5c4)nc(-c4cccc5c4oc4ccc6c7ccccc7n(-c7ccccc7)c6c45)n3)c2)cc1. The van der Waals surface area contributed by atoms with Gasteiger partial charge in [0.25, 0.3) is 0 Å². The van der Waals surface area contributed by atoms with Gasteiger partial charge in [0.2, 0.25) is 0 Å². The molecule has 6 heteroatoms. The number of nitrogens with zero attached hydrogens (tertiary/aromatic N) is 4. The Kier molecular flexibility index (Phi) is 7.03. The summed E-state index contributed by atoms with van der Waals surface area (Å²) in [6, 6.07) is 63.7. The fraction of sp³-hybridized carbons (Fsp3) is 0. The van der Waals surface area contributed by atoms with Gasteiger partial charge in [-0.2, -0.15) is 0 Å². The van der Waals surface area contributed by atoms with Gasteiger partial charge in [-0.05, 0) is 77.9 Å². The molecule has 0 spiro atoms. The van der Waals surface area contributed by atoms with Gasteiger partial charge in [-0.1, -0.05) is 115 Å². The summed E-state index contributed by atoms with van der Waals surface area (Å²) in [5, 5.41) is 6.87. The van der Waals surface area contributed by atoms with Crippen molar-refractivity contribution in [2.24, 2.45) is 0 Å². The molecule has 4 heterocycles. The molecule has 0 atom stereocenters. The first-order chi connectivity index (χ1) is 28.2. The van der Waals surface area contributed by atoms with Crippen LogP contribution in [-0.4, -0.2) is 19.5 Å². The molecule has 5 nitrogen and oxygen atoms in total. The van der Waals surface area contributed by atoms with Crippen LogP contribution in [0.1, 0.15) is 0 Å². The highest BCUT2D eigenvalue weighted by Gasteiger charge is 2.22. The first-order valence-corrected chi connectivity index (χ1v) is 19.8. The fourth-order valence-corrected chi connectivity index (χ4v) is 9.53. The molecule has 0 aliphatic carbocycles. The average Bonchev–Trinajstić information content (AvgIpc) is 3.96. The lowest BCUT2D eigenvalue weighted by molar-refractivity contribution is 0.669. The topological polar surface area (TPSA) is 56.7 Å². The van der Waals surface area contributed by atoms with Crippen LogP contribution in [0.3, 0.4) is 0 Å². The van der Waals surface area contributed by atoms with E-state index < -0.39 is 0 Å². The largest absolute Gasteiger partial charge is 0.455 e. The third-order valence-electron chi connectivity index (χ3n) is 11.0. The second kappa shape index (κ2) is 12.6. The van der Waals surface area contributed by atoms with Gasteiger partial charge in [-0.15, -0.1) is 11.3 Å². The van der Waals surface area contributed by atoms with Gasteiger partial charge in [0.1, 0.15) is 11.2 Å². The van der Waals surface area contributed by atoms with Gasteiger partial charge in [-0.25, -0.2) is 15.0 Å². The van der Waals surface area contributed by atoms with Crippen molar-refractivity contribution in [3.8, 4) is 51.0 Å². The molecule has 0 saturated heterocycles. The lowest BCUT2D eigenvalue weighted by Crippen LogP contribution is -2.00. The number of hydrogen-bond acceptors (Lipinski definition) is 5. The van der Waals surface area contributed by atoms with Crippen LogP contribution in [0.5, 0.6) is 0 Å². The molecular weight excluding hydrogens is 717 g/mol. The molecule has 12 aromatic rings. The van der Waals surface area contributed by atoms with E-state index in [4.69, 9.17) is 19.4 Å². The van der Waals surface area contributed by atoms with Gasteiger partial charge in [-0.3, -0.25) is 0 Å². The smallest absolute Gasteiger partial charge is 0.167 e. The molecule has 12 rings (SSSR count). The molecule has 0 fully saturated rings. The first-order valence-electron chi connectivity index (χ1n) is 19.0. The summed E-state index contributed by atoms with van der Waals surface area (Å²) in [6.07, 6.45) is 0. The van der Waals surface area contributed by atoms with Crippen molar-refractivity contribution in [2.45, 2.75) is 0 Å². The molecule has 4 aromatic heterocycles. The highest BCUT2D eigenvalue weighted by atomic mass is 32.1. The van der Waals surface area contributed by atoms with Crippen molar-refractivity contribution in [2.75, 3.05) is 0 Å². The molecule has 0 amide bonds. The summed E-state index contributed by atoms with van der Waals surface area (Å²) in [6.45, 7) is 0. The van der Waals surface area contributed by atoms with Crippen LogP contribution in [0.15, 0.2) is 186 Å². The Balaban J connectivity index is 1.12. The standard InChI is InChI=1S/C51H30N4OS/c1-3-13-31(14-4-1)32-15-11-16-33(29-32)49-52-50(34-25-28-45-41(30-34)37-20-8-10-24-44(37)57-45)54-51(53-49)40-22-12-21-39-46-43(56-48(39)40)27-26-38-36-19-7-9-23-42(36)55(47(38)46)35-17-5-2-6-18-35/h1-30H. The molecule has 0 aliphatic rings. The summed E-state index contributed by atoms with van der Waals surface area (Å²) in [5.41, 5.74) is 9.80. The van der Waals surface area contributed by atoms with E-state index in [1.165, 1.54) is 30.9 Å². The van der Waals surface area contributed by atoms with Crippen molar-refractivity contribution in [1.29, 1.82) is 0 Å². The third kappa shape index (κ3) is 5.04. The van der Waals surface area contributed by atoms with E-state index >= 15 is 0 Å². The van der Waals surface area contributed by atoms with Crippen LogP contribution in [0.25, 0.3) is 115 Å². The van der Waals surface area contributed by atoms with E-state index in [0.717, 1.165) is 66.5 Å². The van der Waals surface area contributed by atoms with E-state index in [2.05, 4.69) is 180 Å². The molecule has 0 radical (unpaired) electrons. The Labute approximate surface area is 330 Å². The molecule has 0 bridgehead atoms. The average molecular weight is 747 g/mol. The third-order valence-corrected chi connectivity index (χ3v) is 12.2. The van der Waals surface area contributed by atoms with Crippen LogP contribution in [0.2, 0.25) is 0 Å². The highest BCUT2D eigenvalue weighted by Crippen LogP contribution is 2.43. The lowest BCUT2D eigenvalue weighted by atomic mass is 10.0. The number of rotatable bonds is 5. The Morgan fingerprint density at radius 1 is 0.421 bits per heavy atom. The van der Waals surface area contributed by atoms with E-state index in [1.807, 2.05) is 6.07 Å². The molecule has 0 aliphatic heterocycles. The Morgan fingerprint density at radius 2 is 1.07 bits per heavy atom. The second-order valence-corrected chi connectivity index (χ2v) is 15.5. The minimum Gasteiger partial charge on any atom is -0.455 e. The van der Waals surface area contributed by atoms with E-state index in [9.17, 15) is 0 Å². The molecular formula is C51H30N4OS.